The lowest BCUT2D eigenvalue weighted by Gasteiger charge is -2.02. The number of nitrogens with zero attached hydrogens (tertiary/aromatic N) is 1. The summed E-state index contributed by atoms with van der Waals surface area (Å²) in [6.45, 7) is 1.97. The van der Waals surface area contributed by atoms with Crippen molar-refractivity contribution in [2.45, 2.75) is 19.4 Å². The Hall–Kier alpha value is -3.16. The maximum absolute atomic E-state index is 11.5. The van der Waals surface area contributed by atoms with E-state index < -0.39 is 21.9 Å². The fourth-order valence-corrected chi connectivity index (χ4v) is 2.52. The molecule has 0 amide bonds. The molecule has 0 spiro atoms. The monoisotopic (exact) mass is 315 g/mol. The number of H-pyrrole nitrogens is 2. The zero-order chi connectivity index (χ0) is 16.6. The molecular weight excluding hydrogens is 302 g/mol. The van der Waals surface area contributed by atoms with Gasteiger partial charge in [-0.15, -0.1) is 0 Å². The molecule has 1 aromatic carbocycles. The van der Waals surface area contributed by atoms with Gasteiger partial charge in [-0.3, -0.25) is 19.9 Å². The highest BCUT2D eigenvalue weighted by molar-refractivity contribution is 5.72. The van der Waals surface area contributed by atoms with E-state index in [0.717, 1.165) is 23.3 Å². The van der Waals surface area contributed by atoms with Gasteiger partial charge in [-0.1, -0.05) is 12.1 Å². The molecule has 0 fully saturated rings. The highest BCUT2D eigenvalue weighted by Crippen LogP contribution is 2.29. The van der Waals surface area contributed by atoms with E-state index in [0.29, 0.717) is 0 Å². The van der Waals surface area contributed by atoms with Gasteiger partial charge >= 0.3 is 16.9 Å². The van der Waals surface area contributed by atoms with Crippen LogP contribution in [-0.2, 0) is 6.42 Å². The van der Waals surface area contributed by atoms with Gasteiger partial charge in [0.1, 0.15) is 17.5 Å². The summed E-state index contributed by atoms with van der Waals surface area (Å²) in [5, 5.41) is 11.0. The lowest BCUT2D eigenvalue weighted by Crippen LogP contribution is -2.25. The third-order valence-corrected chi connectivity index (χ3v) is 3.49. The molecule has 0 radical (unpaired) electrons. The number of nitrogens with one attached hydrogen (secondary N) is 2. The maximum atomic E-state index is 11.5. The molecule has 0 aliphatic carbocycles. The zero-order valence-electron chi connectivity index (χ0n) is 12.2. The van der Waals surface area contributed by atoms with Crippen LogP contribution in [-0.4, -0.2) is 21.0 Å². The summed E-state index contributed by atoms with van der Waals surface area (Å²) in [7, 11) is 0. The van der Waals surface area contributed by atoms with E-state index in [4.69, 9.17) is 4.74 Å². The number of fused-ring (bicyclic) bond motifs is 1. The highest BCUT2D eigenvalue weighted by atomic mass is 16.6. The van der Waals surface area contributed by atoms with Gasteiger partial charge in [0.15, 0.2) is 0 Å². The molecule has 3 rings (SSSR count). The van der Waals surface area contributed by atoms with Gasteiger partial charge in [0.2, 0.25) is 0 Å². The normalized spacial score (nSPS) is 16.3. The molecule has 2 heterocycles. The van der Waals surface area contributed by atoms with Crippen molar-refractivity contribution in [3.8, 4) is 5.75 Å². The van der Waals surface area contributed by atoms with Gasteiger partial charge in [-0.25, -0.2) is 4.79 Å². The van der Waals surface area contributed by atoms with Crippen molar-refractivity contribution in [3.63, 3.8) is 0 Å². The van der Waals surface area contributed by atoms with Crippen LogP contribution in [0.1, 0.15) is 23.7 Å². The highest BCUT2D eigenvalue weighted by Gasteiger charge is 2.20. The van der Waals surface area contributed by atoms with Crippen LogP contribution in [0.2, 0.25) is 0 Å². The Labute approximate surface area is 129 Å². The Morgan fingerprint density at radius 2 is 2.09 bits per heavy atom. The first-order valence-corrected chi connectivity index (χ1v) is 6.92. The largest absolute Gasteiger partial charge is 0.490 e. The van der Waals surface area contributed by atoms with Crippen molar-refractivity contribution in [1.82, 2.24) is 9.97 Å². The Balaban J connectivity index is 1.98. The topological polar surface area (TPSA) is 118 Å². The molecule has 0 saturated heterocycles. The van der Waals surface area contributed by atoms with E-state index in [9.17, 15) is 19.7 Å². The van der Waals surface area contributed by atoms with Crippen LogP contribution in [0, 0.1) is 10.1 Å². The summed E-state index contributed by atoms with van der Waals surface area (Å²) in [6.07, 6.45) is 3.85. The third-order valence-electron chi connectivity index (χ3n) is 3.49. The SMILES string of the molecule is C[C@@H]1Cc2cc(/C=C/c3[nH]c(=O)[nH]c(=O)c3[N+](=O)[O-])ccc2O1. The van der Waals surface area contributed by atoms with Crippen molar-refractivity contribution in [3.05, 3.63) is 66.0 Å². The predicted molar refractivity (Wildman–Crippen MR) is 83.5 cm³/mol. The summed E-state index contributed by atoms with van der Waals surface area (Å²) in [5.41, 5.74) is -0.829. The molecule has 0 bridgehead atoms. The number of ether oxygens (including phenoxy) is 1. The first-order chi connectivity index (χ1) is 10.9. The van der Waals surface area contributed by atoms with Gasteiger partial charge in [0.25, 0.3) is 0 Å². The van der Waals surface area contributed by atoms with Crippen molar-refractivity contribution in [1.29, 1.82) is 0 Å². The number of aromatic nitrogens is 2. The molecule has 1 aliphatic rings. The smallest absolute Gasteiger partial charge is 0.357 e. The lowest BCUT2D eigenvalue weighted by atomic mass is 10.1. The standard InChI is InChI=1S/C15H13N3O5/c1-8-6-10-7-9(3-5-12(10)23-8)2-4-11-13(18(21)22)14(19)17-15(20)16-11/h2-5,7-8H,6H2,1H3,(H2,16,17,19,20)/b4-2+/t8-/m1/s1. The van der Waals surface area contributed by atoms with Gasteiger partial charge in [0, 0.05) is 6.42 Å². The van der Waals surface area contributed by atoms with Crippen molar-refractivity contribution in [2.75, 3.05) is 0 Å². The fraction of sp³-hybridized carbons (Fsp3) is 0.200. The summed E-state index contributed by atoms with van der Waals surface area (Å²) in [6, 6.07) is 5.53. The van der Waals surface area contributed by atoms with Crippen molar-refractivity contribution < 1.29 is 9.66 Å². The molecule has 0 unspecified atom stereocenters. The average Bonchev–Trinajstić information content (AvgIpc) is 2.83. The third kappa shape index (κ3) is 2.91. The number of hydrogen-bond acceptors (Lipinski definition) is 5. The minimum Gasteiger partial charge on any atom is -0.490 e. The minimum atomic E-state index is -1.03. The fourth-order valence-electron chi connectivity index (χ4n) is 2.52. The predicted octanol–water partition coefficient (Wildman–Crippen LogP) is 1.47. The molecule has 2 N–H and O–H groups in total. The van der Waals surface area contributed by atoms with Crippen LogP contribution < -0.4 is 16.0 Å². The van der Waals surface area contributed by atoms with Gasteiger partial charge in [-0.05, 0) is 36.3 Å². The van der Waals surface area contributed by atoms with E-state index in [1.807, 2.05) is 24.0 Å². The number of nitro groups is 1. The van der Waals surface area contributed by atoms with Gasteiger partial charge in [-0.2, -0.15) is 0 Å². The van der Waals surface area contributed by atoms with Crippen LogP contribution in [0.25, 0.3) is 12.2 Å². The molecular formula is C15H13N3O5. The van der Waals surface area contributed by atoms with Crippen LogP contribution in [0.4, 0.5) is 5.69 Å². The van der Waals surface area contributed by atoms with Crippen molar-refractivity contribution >= 4 is 17.8 Å². The lowest BCUT2D eigenvalue weighted by molar-refractivity contribution is -0.386. The maximum Gasteiger partial charge on any atom is 0.357 e. The number of aromatic amines is 2. The zero-order valence-corrected chi connectivity index (χ0v) is 12.2. The van der Waals surface area contributed by atoms with Gasteiger partial charge in [0.05, 0.1) is 4.92 Å². The molecule has 1 aliphatic heterocycles. The molecule has 1 aromatic heterocycles. The summed E-state index contributed by atoms with van der Waals surface area (Å²) >= 11 is 0. The van der Waals surface area contributed by atoms with Crippen LogP contribution >= 0.6 is 0 Å². The Kier molecular flexibility index (Phi) is 3.57. The molecule has 118 valence electrons. The Morgan fingerprint density at radius 3 is 2.83 bits per heavy atom. The second kappa shape index (κ2) is 5.56. The number of rotatable bonds is 3. The molecule has 2 aromatic rings. The molecule has 8 nitrogen and oxygen atoms in total. The van der Waals surface area contributed by atoms with Crippen LogP contribution in [0.3, 0.4) is 0 Å². The first kappa shape index (κ1) is 14.8. The number of hydrogen-bond donors (Lipinski definition) is 2. The van der Waals surface area contributed by atoms with Crippen LogP contribution in [0.15, 0.2) is 27.8 Å². The minimum absolute atomic E-state index is 0.120. The summed E-state index contributed by atoms with van der Waals surface area (Å²) < 4.78 is 5.60. The van der Waals surface area contributed by atoms with Crippen molar-refractivity contribution in [2.24, 2.45) is 0 Å². The molecule has 0 saturated carbocycles. The molecule has 8 heteroatoms. The summed E-state index contributed by atoms with van der Waals surface area (Å²) in [4.78, 5) is 37.1. The van der Waals surface area contributed by atoms with E-state index >= 15 is 0 Å². The number of benzene rings is 1. The Bertz CT molecular complexity index is 925. The Morgan fingerprint density at radius 1 is 1.30 bits per heavy atom. The molecule has 1 atom stereocenters. The quantitative estimate of drug-likeness (QED) is 0.656. The second-order valence-corrected chi connectivity index (χ2v) is 5.26. The van der Waals surface area contributed by atoms with E-state index in [1.165, 1.54) is 6.08 Å². The second-order valence-electron chi connectivity index (χ2n) is 5.26. The van der Waals surface area contributed by atoms with E-state index in [2.05, 4.69) is 4.98 Å². The van der Waals surface area contributed by atoms with Crippen LogP contribution in [0.5, 0.6) is 5.75 Å². The van der Waals surface area contributed by atoms with E-state index in [1.54, 1.807) is 12.1 Å². The average molecular weight is 315 g/mol. The first-order valence-electron chi connectivity index (χ1n) is 6.92. The van der Waals surface area contributed by atoms with E-state index in [-0.39, 0.29) is 11.8 Å². The molecule has 23 heavy (non-hydrogen) atoms. The summed E-state index contributed by atoms with van der Waals surface area (Å²) in [5.74, 6) is 0.824. The van der Waals surface area contributed by atoms with Gasteiger partial charge < -0.3 is 9.72 Å².